The lowest BCUT2D eigenvalue weighted by atomic mass is 9.99. The zero-order chi connectivity index (χ0) is 24.2. The molecule has 3 heteroatoms. The summed E-state index contributed by atoms with van der Waals surface area (Å²) >= 11 is 0. The molecule has 5 aromatic carbocycles. The van der Waals surface area contributed by atoms with Gasteiger partial charge in [0, 0.05) is 11.1 Å². The van der Waals surface area contributed by atoms with Gasteiger partial charge in [-0.05, 0) is 33.4 Å². The second-order valence-electron chi connectivity index (χ2n) is 8.60. The molecular weight excluding hydrogens is 438 g/mol. The highest BCUT2D eigenvalue weighted by Gasteiger charge is 2.08. The highest BCUT2D eigenvalue weighted by Crippen LogP contribution is 2.28. The van der Waals surface area contributed by atoms with Gasteiger partial charge in [0.1, 0.15) is 6.33 Å². The number of benzene rings is 5. The standard InChI is InChI=1S/C33H23N3/c1-3-7-24(8-4-1)26-11-13-28(14-12-26)29-17-21-31(22-18-29)33-35-23-34-32(36-33)30-19-15-27(16-20-30)25-9-5-2-6-10-25/h1-23H. The lowest BCUT2D eigenvalue weighted by Crippen LogP contribution is -1.95. The molecule has 1 aromatic heterocycles. The molecule has 1 heterocycles. The van der Waals surface area contributed by atoms with Crippen molar-refractivity contribution in [3.05, 3.63) is 140 Å². The lowest BCUT2D eigenvalue weighted by Gasteiger charge is -2.07. The van der Waals surface area contributed by atoms with Gasteiger partial charge in [-0.3, -0.25) is 0 Å². The highest BCUT2D eigenvalue weighted by atomic mass is 15.0. The van der Waals surface area contributed by atoms with E-state index in [1.165, 1.54) is 27.8 Å². The maximum atomic E-state index is 4.74. The van der Waals surface area contributed by atoms with Gasteiger partial charge in [0.05, 0.1) is 0 Å². The van der Waals surface area contributed by atoms with E-state index in [9.17, 15) is 0 Å². The zero-order valence-electron chi connectivity index (χ0n) is 19.6. The topological polar surface area (TPSA) is 38.7 Å². The monoisotopic (exact) mass is 461 g/mol. The van der Waals surface area contributed by atoms with Crippen molar-refractivity contribution in [1.82, 2.24) is 15.0 Å². The molecule has 0 aliphatic rings. The van der Waals surface area contributed by atoms with Gasteiger partial charge in [-0.1, -0.05) is 133 Å². The maximum absolute atomic E-state index is 4.74. The van der Waals surface area contributed by atoms with Crippen LogP contribution >= 0.6 is 0 Å². The summed E-state index contributed by atoms with van der Waals surface area (Å²) in [5.74, 6) is 1.33. The van der Waals surface area contributed by atoms with Gasteiger partial charge in [0.15, 0.2) is 11.6 Å². The fraction of sp³-hybridized carbons (Fsp3) is 0. The summed E-state index contributed by atoms with van der Waals surface area (Å²) in [5.41, 5.74) is 9.05. The Bertz CT molecular complexity index is 1570. The zero-order valence-corrected chi connectivity index (χ0v) is 19.6. The van der Waals surface area contributed by atoms with Gasteiger partial charge in [-0.2, -0.15) is 0 Å². The highest BCUT2D eigenvalue weighted by molar-refractivity contribution is 5.73. The van der Waals surface area contributed by atoms with Crippen molar-refractivity contribution in [3.63, 3.8) is 0 Å². The van der Waals surface area contributed by atoms with E-state index in [1.54, 1.807) is 6.33 Å². The van der Waals surface area contributed by atoms with Crippen molar-refractivity contribution >= 4 is 0 Å². The summed E-state index contributed by atoms with van der Waals surface area (Å²) in [5, 5.41) is 0. The Hall–Kier alpha value is -4.89. The molecule has 0 unspecified atom stereocenters. The van der Waals surface area contributed by atoms with E-state index >= 15 is 0 Å². The Labute approximate surface area is 210 Å². The van der Waals surface area contributed by atoms with Crippen LogP contribution in [0.4, 0.5) is 0 Å². The quantitative estimate of drug-likeness (QED) is 0.260. The third kappa shape index (κ3) is 4.55. The lowest BCUT2D eigenvalue weighted by molar-refractivity contribution is 1.07. The van der Waals surface area contributed by atoms with E-state index < -0.39 is 0 Å². The summed E-state index contributed by atoms with van der Waals surface area (Å²) in [6.07, 6.45) is 1.58. The van der Waals surface area contributed by atoms with Crippen molar-refractivity contribution in [2.45, 2.75) is 0 Å². The molecule has 0 amide bonds. The minimum atomic E-state index is 0.665. The third-order valence-corrected chi connectivity index (χ3v) is 6.29. The summed E-state index contributed by atoms with van der Waals surface area (Å²) in [4.78, 5) is 13.6. The van der Waals surface area contributed by atoms with Gasteiger partial charge in [-0.15, -0.1) is 0 Å². The van der Waals surface area contributed by atoms with E-state index in [4.69, 9.17) is 4.98 Å². The molecule has 170 valence electrons. The molecule has 0 bridgehead atoms. The van der Waals surface area contributed by atoms with Crippen LogP contribution in [0.25, 0.3) is 56.2 Å². The summed E-state index contributed by atoms with van der Waals surface area (Å²) in [6.45, 7) is 0. The molecule has 6 aromatic rings. The minimum Gasteiger partial charge on any atom is -0.217 e. The van der Waals surface area contributed by atoms with Crippen LogP contribution in [0.5, 0.6) is 0 Å². The van der Waals surface area contributed by atoms with Crippen LogP contribution in [0.2, 0.25) is 0 Å². The first-order valence-electron chi connectivity index (χ1n) is 11.9. The van der Waals surface area contributed by atoms with Crippen LogP contribution in [0.1, 0.15) is 0 Å². The third-order valence-electron chi connectivity index (χ3n) is 6.29. The summed E-state index contributed by atoms with van der Waals surface area (Å²) < 4.78 is 0. The summed E-state index contributed by atoms with van der Waals surface area (Å²) in [6, 6.07) is 46.1. The van der Waals surface area contributed by atoms with Crippen LogP contribution in [0.3, 0.4) is 0 Å². The Morgan fingerprint density at radius 3 is 0.889 bits per heavy atom. The molecule has 0 fully saturated rings. The molecule has 0 atom stereocenters. The van der Waals surface area contributed by atoms with Gasteiger partial charge >= 0.3 is 0 Å². The van der Waals surface area contributed by atoms with E-state index in [-0.39, 0.29) is 0 Å². The SMILES string of the molecule is c1ccc(-c2ccc(-c3ccc(-c4ncnc(-c5ccc(-c6ccccc6)cc5)n4)cc3)cc2)cc1. The number of nitrogens with zero attached hydrogens (tertiary/aromatic N) is 3. The number of rotatable bonds is 5. The average molecular weight is 462 g/mol. The Kier molecular flexibility index (Phi) is 5.87. The first-order valence-corrected chi connectivity index (χ1v) is 11.9. The molecule has 6 rings (SSSR count). The van der Waals surface area contributed by atoms with Gasteiger partial charge in [-0.25, -0.2) is 15.0 Å². The molecule has 0 aliphatic carbocycles. The van der Waals surface area contributed by atoms with Gasteiger partial charge < -0.3 is 0 Å². The Morgan fingerprint density at radius 1 is 0.278 bits per heavy atom. The second-order valence-corrected chi connectivity index (χ2v) is 8.60. The number of aromatic nitrogens is 3. The van der Waals surface area contributed by atoms with Crippen molar-refractivity contribution in [2.75, 3.05) is 0 Å². The smallest absolute Gasteiger partial charge is 0.163 e. The molecule has 0 saturated carbocycles. The van der Waals surface area contributed by atoms with Crippen molar-refractivity contribution in [3.8, 4) is 56.2 Å². The van der Waals surface area contributed by atoms with Crippen molar-refractivity contribution < 1.29 is 0 Å². The first-order chi connectivity index (χ1) is 17.8. The predicted octanol–water partition coefficient (Wildman–Crippen LogP) is 8.21. The largest absolute Gasteiger partial charge is 0.217 e. The van der Waals surface area contributed by atoms with Gasteiger partial charge in [0.2, 0.25) is 0 Å². The molecule has 0 radical (unpaired) electrons. The van der Waals surface area contributed by atoms with E-state index in [0.717, 1.165) is 16.7 Å². The predicted molar refractivity (Wildman–Crippen MR) is 147 cm³/mol. The average Bonchev–Trinajstić information content (AvgIpc) is 2.98. The Balaban J connectivity index is 1.22. The van der Waals surface area contributed by atoms with Crippen LogP contribution in [0.15, 0.2) is 140 Å². The summed E-state index contributed by atoms with van der Waals surface area (Å²) in [7, 11) is 0. The molecule has 36 heavy (non-hydrogen) atoms. The fourth-order valence-electron chi connectivity index (χ4n) is 4.31. The van der Waals surface area contributed by atoms with E-state index in [0.29, 0.717) is 11.6 Å². The molecule has 0 N–H and O–H groups in total. The number of hydrogen-bond acceptors (Lipinski definition) is 3. The van der Waals surface area contributed by atoms with Crippen LogP contribution in [-0.4, -0.2) is 15.0 Å². The normalized spacial score (nSPS) is 10.8. The molecule has 3 nitrogen and oxygen atoms in total. The van der Waals surface area contributed by atoms with Crippen LogP contribution in [-0.2, 0) is 0 Å². The van der Waals surface area contributed by atoms with E-state index in [2.05, 4.69) is 119 Å². The van der Waals surface area contributed by atoms with Crippen LogP contribution in [0, 0.1) is 0 Å². The van der Waals surface area contributed by atoms with Crippen molar-refractivity contribution in [1.29, 1.82) is 0 Å². The first kappa shape index (κ1) is 21.6. The second kappa shape index (κ2) is 9.77. The van der Waals surface area contributed by atoms with Gasteiger partial charge in [0.25, 0.3) is 0 Å². The molecular formula is C33H23N3. The minimum absolute atomic E-state index is 0.665. The van der Waals surface area contributed by atoms with Crippen LogP contribution < -0.4 is 0 Å². The molecule has 0 spiro atoms. The Morgan fingerprint density at radius 2 is 0.556 bits per heavy atom. The number of hydrogen-bond donors (Lipinski definition) is 0. The van der Waals surface area contributed by atoms with E-state index in [1.807, 2.05) is 24.3 Å². The molecule has 0 saturated heterocycles. The fourth-order valence-corrected chi connectivity index (χ4v) is 4.31. The molecule has 0 aliphatic heterocycles. The maximum Gasteiger partial charge on any atom is 0.163 e. The van der Waals surface area contributed by atoms with Crippen molar-refractivity contribution in [2.24, 2.45) is 0 Å².